The minimum atomic E-state index is -0.168. The maximum Gasteiger partial charge on any atom is 0.197 e. The quantitative estimate of drug-likeness (QED) is 0.180. The molecule has 1 radical (unpaired) electrons. The number of para-hydroxylation sites is 1. The highest BCUT2D eigenvalue weighted by Gasteiger charge is 2.38. The second-order valence-electron chi connectivity index (χ2n) is 20.9. The van der Waals surface area contributed by atoms with Crippen LogP contribution in [0, 0.1) is 0 Å². The summed E-state index contributed by atoms with van der Waals surface area (Å²) in [5.74, 6) is 0. The van der Waals surface area contributed by atoms with Gasteiger partial charge in [0.15, 0.2) is 7.28 Å². The van der Waals surface area contributed by atoms with E-state index in [2.05, 4.69) is 212 Å². The first-order valence-electron chi connectivity index (χ1n) is 22.7. The molecule has 11 aromatic rings. The van der Waals surface area contributed by atoms with Gasteiger partial charge in [-0.25, -0.2) is 0 Å². The van der Waals surface area contributed by atoms with Gasteiger partial charge in [0.25, 0.3) is 0 Å². The molecule has 1 aliphatic carbocycles. The molecular weight excluding hydrogens is 796 g/mol. The molecule has 3 nitrogen and oxygen atoms in total. The van der Waals surface area contributed by atoms with Gasteiger partial charge in [-0.3, -0.25) is 0 Å². The molecule has 3 aromatic heterocycles. The fourth-order valence-corrected chi connectivity index (χ4v) is 12.2. The first kappa shape index (κ1) is 38.0. The van der Waals surface area contributed by atoms with E-state index in [0.29, 0.717) is 0 Å². The van der Waals surface area contributed by atoms with Crippen molar-refractivity contribution in [3.8, 4) is 27.9 Å². The molecule has 0 saturated carbocycles. The van der Waals surface area contributed by atoms with E-state index in [9.17, 15) is 0 Å². The van der Waals surface area contributed by atoms with Crippen LogP contribution >= 0.6 is 11.3 Å². The molecule has 0 unspecified atom stereocenters. The van der Waals surface area contributed by atoms with Gasteiger partial charge in [-0.2, -0.15) is 0 Å². The molecule has 1 N–H and O–H groups in total. The van der Waals surface area contributed by atoms with Crippen LogP contribution in [0.1, 0.15) is 77.6 Å². The highest BCUT2D eigenvalue weighted by atomic mass is 32.1. The Balaban J connectivity index is 1.11. The summed E-state index contributed by atoms with van der Waals surface area (Å²) in [6, 6.07) is 52.8. The number of anilines is 2. The SMILES string of the molecule is CC(C)(C)c1ccc(Nc2cc3c(cc2-c2ccc4c5cc6oc7ccccc7c6cc5n5c4c2[B]c2cc4sc6ccccc6c4cc2-5)-c2cc(C(C)(C)C)ccc2C3(C)C)cc1. The fourth-order valence-electron chi connectivity index (χ4n) is 11.0. The first-order chi connectivity index (χ1) is 30.7. The van der Waals surface area contributed by atoms with Gasteiger partial charge in [0.2, 0.25) is 0 Å². The number of hydrogen-bond donors (Lipinski definition) is 1. The van der Waals surface area contributed by atoms with Crippen molar-refractivity contribution in [1.82, 2.24) is 4.57 Å². The van der Waals surface area contributed by atoms with E-state index in [4.69, 9.17) is 4.42 Å². The minimum absolute atomic E-state index is 0.0313. The highest BCUT2D eigenvalue weighted by molar-refractivity contribution is 7.26. The van der Waals surface area contributed by atoms with Crippen LogP contribution in [0.2, 0.25) is 0 Å². The normalized spacial score (nSPS) is 14.2. The van der Waals surface area contributed by atoms with Crippen LogP contribution in [0.4, 0.5) is 11.4 Å². The van der Waals surface area contributed by atoms with Crippen molar-refractivity contribution in [2.24, 2.45) is 0 Å². The summed E-state index contributed by atoms with van der Waals surface area (Å²) in [4.78, 5) is 0. The lowest BCUT2D eigenvalue weighted by molar-refractivity contribution is 0.589. The molecule has 8 aromatic carbocycles. The van der Waals surface area contributed by atoms with Crippen LogP contribution in [-0.2, 0) is 16.2 Å². The zero-order valence-corrected chi connectivity index (χ0v) is 38.4. The lowest BCUT2D eigenvalue weighted by Gasteiger charge is -2.26. The summed E-state index contributed by atoms with van der Waals surface area (Å²) >= 11 is 1.88. The predicted octanol–water partition coefficient (Wildman–Crippen LogP) is 15.3. The maximum atomic E-state index is 6.55. The van der Waals surface area contributed by atoms with Crippen molar-refractivity contribution in [1.29, 1.82) is 0 Å². The van der Waals surface area contributed by atoms with Crippen molar-refractivity contribution >= 4 is 105 Å². The molecule has 1 aliphatic heterocycles. The Kier molecular flexibility index (Phi) is 7.59. The van der Waals surface area contributed by atoms with Gasteiger partial charge in [0, 0.05) is 75.3 Å². The third kappa shape index (κ3) is 5.34. The predicted molar refractivity (Wildman–Crippen MR) is 276 cm³/mol. The smallest absolute Gasteiger partial charge is 0.197 e. The molecule has 0 saturated heterocycles. The van der Waals surface area contributed by atoms with Crippen molar-refractivity contribution in [3.05, 3.63) is 162 Å². The van der Waals surface area contributed by atoms with Gasteiger partial charge in [-0.15, -0.1) is 11.3 Å². The molecule has 4 heterocycles. The molecule has 64 heavy (non-hydrogen) atoms. The molecule has 0 spiro atoms. The van der Waals surface area contributed by atoms with E-state index in [1.165, 1.54) is 103 Å². The number of thiophene rings is 1. The second-order valence-corrected chi connectivity index (χ2v) is 22.0. The van der Waals surface area contributed by atoms with Gasteiger partial charge in [-0.05, 0) is 116 Å². The Morgan fingerprint density at radius 1 is 0.547 bits per heavy atom. The number of aromatic nitrogens is 1. The summed E-state index contributed by atoms with van der Waals surface area (Å²) in [7, 11) is 2.47. The summed E-state index contributed by atoms with van der Waals surface area (Å²) in [6.07, 6.45) is 0. The van der Waals surface area contributed by atoms with Gasteiger partial charge in [-0.1, -0.05) is 140 Å². The van der Waals surface area contributed by atoms with Gasteiger partial charge in [0.05, 0.1) is 5.52 Å². The number of rotatable bonds is 3. The number of benzene rings is 8. The number of nitrogens with zero attached hydrogens (tertiary/aromatic N) is 1. The standard InChI is InChI=1S/C59H48BN2OS/c1-57(2,3)32-17-20-34(21-18-32)61-48-30-46-40(39-25-33(58(4,5)6)19-24-45(39)59(46,7)8)26-41(48)37-22-23-38-42-29-52-43(35-13-9-11-15-51(35)63-52)27-49(42)62-50-28-44-36-14-10-12-16-53(36)64-54(44)31-47(50)60-55(37)56(38)62/h9-31,61H,1-8H3. The fraction of sp³-hybridized carbons (Fsp3) is 0.186. The summed E-state index contributed by atoms with van der Waals surface area (Å²) < 4.78 is 11.7. The second kappa shape index (κ2) is 12.8. The van der Waals surface area contributed by atoms with Crippen LogP contribution in [0.5, 0.6) is 0 Å². The van der Waals surface area contributed by atoms with Crippen molar-refractivity contribution in [2.45, 2.75) is 71.6 Å². The molecule has 309 valence electrons. The largest absolute Gasteiger partial charge is 0.456 e. The molecule has 5 heteroatoms. The highest BCUT2D eigenvalue weighted by Crippen LogP contribution is 2.53. The Hall–Kier alpha value is -6.56. The van der Waals surface area contributed by atoms with Crippen LogP contribution < -0.4 is 16.2 Å². The molecular formula is C59H48BN2OS. The Bertz CT molecular complexity index is 3830. The number of nitrogens with one attached hydrogen (secondary N) is 1. The summed E-state index contributed by atoms with van der Waals surface area (Å²) in [5.41, 5.74) is 20.5. The summed E-state index contributed by atoms with van der Waals surface area (Å²) in [6.45, 7) is 18.6. The Morgan fingerprint density at radius 3 is 2.08 bits per heavy atom. The van der Waals surface area contributed by atoms with Gasteiger partial charge in [0.1, 0.15) is 11.2 Å². The lowest BCUT2D eigenvalue weighted by atomic mass is 9.59. The van der Waals surface area contributed by atoms with Crippen LogP contribution in [0.15, 0.2) is 144 Å². The third-order valence-corrected chi connectivity index (χ3v) is 15.7. The van der Waals surface area contributed by atoms with Crippen LogP contribution in [0.3, 0.4) is 0 Å². The van der Waals surface area contributed by atoms with Crippen LogP contribution in [-0.4, -0.2) is 11.8 Å². The van der Waals surface area contributed by atoms with E-state index in [1.807, 2.05) is 11.3 Å². The topological polar surface area (TPSA) is 30.1 Å². The Morgan fingerprint density at radius 2 is 1.28 bits per heavy atom. The van der Waals surface area contributed by atoms with E-state index in [1.54, 1.807) is 0 Å². The molecule has 0 atom stereocenters. The molecule has 0 amide bonds. The van der Waals surface area contributed by atoms with E-state index in [0.717, 1.165) is 33.3 Å². The van der Waals surface area contributed by atoms with Crippen LogP contribution in [0.25, 0.3) is 91.9 Å². The van der Waals surface area contributed by atoms with Gasteiger partial charge < -0.3 is 14.3 Å². The number of furan rings is 1. The minimum Gasteiger partial charge on any atom is -0.456 e. The molecule has 0 bridgehead atoms. The lowest BCUT2D eigenvalue weighted by Crippen LogP contribution is -2.37. The molecule has 0 fully saturated rings. The first-order valence-corrected chi connectivity index (χ1v) is 23.5. The Labute approximate surface area is 378 Å². The number of fused-ring (bicyclic) bond motifs is 14. The van der Waals surface area contributed by atoms with Crippen molar-refractivity contribution in [3.63, 3.8) is 0 Å². The monoisotopic (exact) mass is 843 g/mol. The van der Waals surface area contributed by atoms with E-state index in [-0.39, 0.29) is 16.2 Å². The van der Waals surface area contributed by atoms with Crippen molar-refractivity contribution < 1.29 is 4.42 Å². The number of hydrogen-bond acceptors (Lipinski definition) is 3. The zero-order chi connectivity index (χ0) is 43.6. The van der Waals surface area contributed by atoms with E-state index >= 15 is 0 Å². The molecule has 13 rings (SSSR count). The third-order valence-electron chi connectivity index (χ3n) is 14.5. The zero-order valence-electron chi connectivity index (χ0n) is 37.6. The van der Waals surface area contributed by atoms with Gasteiger partial charge >= 0.3 is 0 Å². The average Bonchev–Trinajstić information content (AvgIpc) is 3.98. The maximum absolute atomic E-state index is 6.55. The molecule has 2 aliphatic rings. The summed E-state index contributed by atoms with van der Waals surface area (Å²) in [5, 5.41) is 11.3. The van der Waals surface area contributed by atoms with Crippen molar-refractivity contribution in [2.75, 3.05) is 5.32 Å². The van der Waals surface area contributed by atoms with E-state index < -0.39 is 0 Å². The average molecular weight is 844 g/mol.